The fourth-order valence-corrected chi connectivity index (χ4v) is 2.00. The Labute approximate surface area is 102 Å². The lowest BCUT2D eigenvalue weighted by atomic mass is 9.92. The molecule has 0 rings (SSSR count). The lowest BCUT2D eigenvalue weighted by Crippen LogP contribution is -2.41. The van der Waals surface area contributed by atoms with Gasteiger partial charge in [0, 0.05) is 19.6 Å². The van der Waals surface area contributed by atoms with Crippen molar-refractivity contribution in [1.29, 1.82) is 0 Å². The fourth-order valence-electron chi connectivity index (χ4n) is 2.00. The number of nitrogens with zero attached hydrogens (tertiary/aromatic N) is 1. The second kappa shape index (κ2) is 8.77. The van der Waals surface area contributed by atoms with Gasteiger partial charge >= 0.3 is 0 Å². The number of rotatable bonds is 10. The van der Waals surface area contributed by atoms with Crippen LogP contribution in [-0.2, 0) is 0 Å². The zero-order chi connectivity index (χ0) is 12.4. The van der Waals surface area contributed by atoms with E-state index in [4.69, 9.17) is 0 Å². The summed E-state index contributed by atoms with van der Waals surface area (Å²) in [7, 11) is 0. The van der Waals surface area contributed by atoms with Gasteiger partial charge in [0.25, 0.3) is 0 Å². The maximum Gasteiger partial charge on any atom is 0.0160 e. The van der Waals surface area contributed by atoms with Gasteiger partial charge in [0.1, 0.15) is 0 Å². The van der Waals surface area contributed by atoms with Crippen LogP contribution in [0.15, 0.2) is 12.7 Å². The first-order chi connectivity index (χ1) is 7.55. The molecule has 2 nitrogen and oxygen atoms in total. The molecule has 0 aromatic rings. The highest BCUT2D eigenvalue weighted by Crippen LogP contribution is 2.16. The fraction of sp³-hybridized carbons (Fsp3) is 0.857. The predicted molar refractivity (Wildman–Crippen MR) is 73.9 cm³/mol. The summed E-state index contributed by atoms with van der Waals surface area (Å²) in [5.74, 6) is 0. The minimum absolute atomic E-state index is 0.341. The molecule has 0 aliphatic rings. The first kappa shape index (κ1) is 15.7. The third-order valence-corrected chi connectivity index (χ3v) is 2.61. The third-order valence-electron chi connectivity index (χ3n) is 2.61. The van der Waals surface area contributed by atoms with Gasteiger partial charge in [-0.3, -0.25) is 4.90 Å². The van der Waals surface area contributed by atoms with Gasteiger partial charge < -0.3 is 5.32 Å². The molecule has 0 heterocycles. The smallest absolute Gasteiger partial charge is 0.0160 e. The molecular weight excluding hydrogens is 196 g/mol. The van der Waals surface area contributed by atoms with Crippen LogP contribution in [0.3, 0.4) is 0 Å². The average molecular weight is 226 g/mol. The van der Waals surface area contributed by atoms with Crippen LogP contribution in [0.1, 0.15) is 40.5 Å². The summed E-state index contributed by atoms with van der Waals surface area (Å²) in [5, 5.41) is 3.51. The molecule has 0 spiro atoms. The summed E-state index contributed by atoms with van der Waals surface area (Å²) >= 11 is 0. The first-order valence-corrected chi connectivity index (χ1v) is 6.59. The van der Waals surface area contributed by atoms with Gasteiger partial charge in [0.05, 0.1) is 0 Å². The number of nitrogens with one attached hydrogen (secondary N) is 1. The molecule has 0 fully saturated rings. The second-order valence-corrected chi connectivity index (χ2v) is 5.36. The van der Waals surface area contributed by atoms with E-state index in [0.717, 1.165) is 26.2 Å². The molecule has 2 heteroatoms. The Balaban J connectivity index is 4.01. The van der Waals surface area contributed by atoms with Crippen LogP contribution >= 0.6 is 0 Å². The first-order valence-electron chi connectivity index (χ1n) is 6.59. The van der Waals surface area contributed by atoms with Crippen LogP contribution in [0.5, 0.6) is 0 Å². The molecule has 1 N–H and O–H groups in total. The molecule has 0 saturated carbocycles. The highest BCUT2D eigenvalue weighted by Gasteiger charge is 2.20. The van der Waals surface area contributed by atoms with E-state index in [1.165, 1.54) is 19.4 Å². The SMILES string of the molecule is C=CCN(CCC)CC(C)(C)CNCCC. The lowest BCUT2D eigenvalue weighted by Gasteiger charge is -2.32. The Kier molecular flexibility index (Phi) is 8.58. The van der Waals surface area contributed by atoms with Crippen LogP contribution in [0.4, 0.5) is 0 Å². The van der Waals surface area contributed by atoms with Gasteiger partial charge in [-0.1, -0.05) is 33.8 Å². The van der Waals surface area contributed by atoms with E-state index >= 15 is 0 Å². The molecule has 0 bridgehead atoms. The largest absolute Gasteiger partial charge is 0.316 e. The zero-order valence-corrected chi connectivity index (χ0v) is 11.7. The molecule has 0 saturated heterocycles. The molecule has 16 heavy (non-hydrogen) atoms. The normalized spacial score (nSPS) is 12.1. The van der Waals surface area contributed by atoms with Crippen molar-refractivity contribution in [1.82, 2.24) is 10.2 Å². The molecule has 0 amide bonds. The van der Waals surface area contributed by atoms with Gasteiger partial charge in [-0.15, -0.1) is 6.58 Å². The number of hydrogen-bond acceptors (Lipinski definition) is 2. The van der Waals surface area contributed by atoms with E-state index in [2.05, 4.69) is 44.5 Å². The van der Waals surface area contributed by atoms with E-state index in [9.17, 15) is 0 Å². The quantitative estimate of drug-likeness (QED) is 0.455. The molecule has 0 aromatic carbocycles. The topological polar surface area (TPSA) is 15.3 Å². The summed E-state index contributed by atoms with van der Waals surface area (Å²) in [4.78, 5) is 2.49. The van der Waals surface area contributed by atoms with Gasteiger partial charge in [-0.05, 0) is 31.3 Å². The summed E-state index contributed by atoms with van der Waals surface area (Å²) in [6.07, 6.45) is 4.43. The molecule has 0 unspecified atom stereocenters. The van der Waals surface area contributed by atoms with Crippen molar-refractivity contribution in [2.45, 2.75) is 40.5 Å². The zero-order valence-electron chi connectivity index (χ0n) is 11.7. The van der Waals surface area contributed by atoms with Gasteiger partial charge in [-0.2, -0.15) is 0 Å². The molecular formula is C14H30N2. The molecule has 0 aliphatic heterocycles. The van der Waals surface area contributed by atoms with Gasteiger partial charge in [-0.25, -0.2) is 0 Å². The van der Waals surface area contributed by atoms with Crippen LogP contribution in [0, 0.1) is 5.41 Å². The Bertz CT molecular complexity index is 176. The maximum atomic E-state index is 3.83. The minimum Gasteiger partial charge on any atom is -0.316 e. The number of hydrogen-bond donors (Lipinski definition) is 1. The van der Waals surface area contributed by atoms with E-state index in [0.29, 0.717) is 5.41 Å². The van der Waals surface area contributed by atoms with Crippen LogP contribution in [0.2, 0.25) is 0 Å². The Morgan fingerprint density at radius 2 is 1.94 bits per heavy atom. The van der Waals surface area contributed by atoms with E-state index < -0.39 is 0 Å². The van der Waals surface area contributed by atoms with Crippen molar-refractivity contribution < 1.29 is 0 Å². The molecule has 0 radical (unpaired) electrons. The lowest BCUT2D eigenvalue weighted by molar-refractivity contribution is 0.188. The van der Waals surface area contributed by atoms with Crippen molar-refractivity contribution in [3.8, 4) is 0 Å². The van der Waals surface area contributed by atoms with Crippen molar-refractivity contribution in [3.05, 3.63) is 12.7 Å². The standard InChI is InChI=1S/C14H30N2/c1-6-9-15-12-14(4,5)13-16(10-7-2)11-8-3/h7,15H,2,6,8-13H2,1,3-5H3. The summed E-state index contributed by atoms with van der Waals surface area (Å²) in [6.45, 7) is 18.5. The predicted octanol–water partition coefficient (Wildman–Crippen LogP) is 2.91. The Hall–Kier alpha value is -0.340. The minimum atomic E-state index is 0.341. The Morgan fingerprint density at radius 3 is 2.44 bits per heavy atom. The van der Waals surface area contributed by atoms with Crippen LogP contribution < -0.4 is 5.32 Å². The highest BCUT2D eigenvalue weighted by molar-refractivity contribution is 4.80. The van der Waals surface area contributed by atoms with E-state index in [1.807, 2.05) is 6.08 Å². The van der Waals surface area contributed by atoms with Crippen molar-refractivity contribution in [2.75, 3.05) is 32.7 Å². The van der Waals surface area contributed by atoms with Crippen molar-refractivity contribution >= 4 is 0 Å². The summed E-state index contributed by atoms with van der Waals surface area (Å²) in [6, 6.07) is 0. The molecule has 96 valence electrons. The van der Waals surface area contributed by atoms with Gasteiger partial charge in [0.2, 0.25) is 0 Å². The van der Waals surface area contributed by atoms with Crippen LogP contribution in [-0.4, -0.2) is 37.6 Å². The highest BCUT2D eigenvalue weighted by atomic mass is 15.1. The second-order valence-electron chi connectivity index (χ2n) is 5.36. The molecule has 0 aromatic heterocycles. The maximum absolute atomic E-state index is 3.83. The van der Waals surface area contributed by atoms with Crippen molar-refractivity contribution in [3.63, 3.8) is 0 Å². The molecule has 0 atom stereocenters. The average Bonchev–Trinajstić information content (AvgIpc) is 2.18. The summed E-state index contributed by atoms with van der Waals surface area (Å²) < 4.78 is 0. The van der Waals surface area contributed by atoms with E-state index in [-0.39, 0.29) is 0 Å². The third kappa shape index (κ3) is 7.89. The van der Waals surface area contributed by atoms with Gasteiger partial charge in [0.15, 0.2) is 0 Å². The molecule has 0 aliphatic carbocycles. The monoisotopic (exact) mass is 226 g/mol. The summed E-state index contributed by atoms with van der Waals surface area (Å²) in [5.41, 5.74) is 0.341. The Morgan fingerprint density at radius 1 is 1.25 bits per heavy atom. The van der Waals surface area contributed by atoms with E-state index in [1.54, 1.807) is 0 Å². The van der Waals surface area contributed by atoms with Crippen LogP contribution in [0.25, 0.3) is 0 Å². The van der Waals surface area contributed by atoms with Crippen molar-refractivity contribution in [2.24, 2.45) is 5.41 Å².